The number of piperidine rings is 1. The molecule has 1 aliphatic heterocycles. The highest BCUT2D eigenvalue weighted by Gasteiger charge is 2.24. The molecule has 1 saturated heterocycles. The lowest BCUT2D eigenvalue weighted by Gasteiger charge is -2.30. The number of anilines is 1. The Hall–Kier alpha value is -3.43. The maximum atomic E-state index is 12.8. The van der Waals surface area contributed by atoms with Gasteiger partial charge in [0.1, 0.15) is 10.6 Å². The second-order valence-corrected chi connectivity index (χ2v) is 6.88. The molecule has 1 N–H and O–H groups in total. The Labute approximate surface area is 159 Å². The van der Waals surface area contributed by atoms with Gasteiger partial charge in [-0.05, 0) is 30.9 Å². The van der Waals surface area contributed by atoms with E-state index in [1.54, 1.807) is 4.90 Å². The molecule has 0 aliphatic carbocycles. The van der Waals surface area contributed by atoms with Crippen molar-refractivity contribution >= 4 is 23.4 Å². The van der Waals surface area contributed by atoms with Crippen LogP contribution in [0.4, 0.5) is 11.6 Å². The molecule has 1 aliphatic rings. The first-order valence-corrected chi connectivity index (χ1v) is 8.82. The van der Waals surface area contributed by atoms with E-state index in [1.807, 2.05) is 0 Å². The molecule has 0 unspecified atom stereocenters. The van der Waals surface area contributed by atoms with Crippen LogP contribution in [0.3, 0.4) is 0 Å². The van der Waals surface area contributed by atoms with Crippen LogP contribution in [0.2, 0.25) is 0 Å². The van der Waals surface area contributed by atoms with Crippen LogP contribution in [-0.2, 0) is 7.05 Å². The number of likely N-dealkylation sites (tertiary alicyclic amines) is 1. The zero-order valence-corrected chi connectivity index (χ0v) is 15.5. The number of carbonyl (C=O) groups is 2. The fourth-order valence-corrected chi connectivity index (χ4v) is 3.04. The van der Waals surface area contributed by atoms with Crippen molar-refractivity contribution in [2.24, 2.45) is 13.0 Å². The zero-order chi connectivity index (χ0) is 20.4. The molecule has 0 aromatic carbocycles. The molecule has 2 aromatic heterocycles. The quantitative estimate of drug-likeness (QED) is 0.630. The Morgan fingerprint density at radius 2 is 1.96 bits per heavy atom. The van der Waals surface area contributed by atoms with Gasteiger partial charge in [-0.15, -0.1) is 0 Å². The van der Waals surface area contributed by atoms with Crippen LogP contribution in [0, 0.1) is 16.0 Å². The van der Waals surface area contributed by atoms with E-state index >= 15 is 0 Å². The number of carbonyl (C=O) groups excluding carboxylic acids is 2. The van der Waals surface area contributed by atoms with Crippen LogP contribution >= 0.6 is 0 Å². The van der Waals surface area contributed by atoms with Gasteiger partial charge in [0, 0.05) is 26.3 Å². The number of furan rings is 1. The van der Waals surface area contributed by atoms with Gasteiger partial charge in [0.25, 0.3) is 17.4 Å². The van der Waals surface area contributed by atoms with Crippen molar-refractivity contribution in [2.75, 3.05) is 18.4 Å². The van der Waals surface area contributed by atoms with Crippen LogP contribution in [0.1, 0.15) is 40.7 Å². The van der Waals surface area contributed by atoms with Crippen molar-refractivity contribution in [3.05, 3.63) is 56.2 Å². The van der Waals surface area contributed by atoms with E-state index in [0.717, 1.165) is 25.0 Å². The highest BCUT2D eigenvalue weighted by atomic mass is 16.6. The summed E-state index contributed by atoms with van der Waals surface area (Å²) in [5.74, 6) is -1.36. The highest BCUT2D eigenvalue weighted by molar-refractivity contribution is 6.03. The lowest BCUT2D eigenvalue weighted by Crippen LogP contribution is -2.38. The minimum Gasteiger partial charge on any atom is -0.395 e. The fraction of sp³-hybridized carbons (Fsp3) is 0.389. The molecule has 0 bridgehead atoms. The largest absolute Gasteiger partial charge is 0.433 e. The molecule has 1 fully saturated rings. The molecule has 2 aromatic rings. The average molecular weight is 388 g/mol. The number of hydrogen-bond acceptors (Lipinski definition) is 6. The van der Waals surface area contributed by atoms with Crippen molar-refractivity contribution in [3.8, 4) is 0 Å². The monoisotopic (exact) mass is 388 g/mol. The van der Waals surface area contributed by atoms with Crippen molar-refractivity contribution in [1.29, 1.82) is 0 Å². The van der Waals surface area contributed by atoms with Crippen LogP contribution in [0.5, 0.6) is 0 Å². The van der Waals surface area contributed by atoms with E-state index in [1.165, 1.54) is 23.9 Å². The van der Waals surface area contributed by atoms with Crippen molar-refractivity contribution in [2.45, 2.75) is 19.8 Å². The van der Waals surface area contributed by atoms with E-state index in [0.29, 0.717) is 19.0 Å². The van der Waals surface area contributed by atoms with E-state index in [9.17, 15) is 24.5 Å². The number of nitrogens with zero attached hydrogens (tertiary/aromatic N) is 3. The summed E-state index contributed by atoms with van der Waals surface area (Å²) in [6, 6.07) is 3.50. The van der Waals surface area contributed by atoms with Gasteiger partial charge in [-0.1, -0.05) is 6.92 Å². The summed E-state index contributed by atoms with van der Waals surface area (Å²) in [5, 5.41) is 13.0. The predicted octanol–water partition coefficient (Wildman–Crippen LogP) is 2.01. The fourth-order valence-electron chi connectivity index (χ4n) is 3.04. The van der Waals surface area contributed by atoms with E-state index in [4.69, 9.17) is 4.42 Å². The van der Waals surface area contributed by atoms with Gasteiger partial charge in [-0.3, -0.25) is 24.5 Å². The van der Waals surface area contributed by atoms with Gasteiger partial charge >= 0.3 is 5.88 Å². The molecule has 0 spiro atoms. The third kappa shape index (κ3) is 3.95. The molecule has 3 heterocycles. The summed E-state index contributed by atoms with van der Waals surface area (Å²) >= 11 is 0. The Morgan fingerprint density at radius 3 is 2.57 bits per heavy atom. The minimum atomic E-state index is -0.818. The zero-order valence-electron chi connectivity index (χ0n) is 15.5. The van der Waals surface area contributed by atoms with Crippen molar-refractivity contribution in [1.82, 2.24) is 9.47 Å². The summed E-state index contributed by atoms with van der Waals surface area (Å²) in [4.78, 5) is 49.0. The summed E-state index contributed by atoms with van der Waals surface area (Å²) in [6.07, 6.45) is 3.26. The molecule has 10 heteroatoms. The van der Waals surface area contributed by atoms with Gasteiger partial charge in [0.15, 0.2) is 5.76 Å². The lowest BCUT2D eigenvalue weighted by molar-refractivity contribution is -0.402. The van der Waals surface area contributed by atoms with Gasteiger partial charge in [-0.25, -0.2) is 0 Å². The molecule has 0 radical (unpaired) electrons. The summed E-state index contributed by atoms with van der Waals surface area (Å²) in [6.45, 7) is 3.42. The van der Waals surface area contributed by atoms with Gasteiger partial charge in [0.05, 0.1) is 11.6 Å². The molecule has 0 saturated carbocycles. The number of nitro groups is 1. The maximum absolute atomic E-state index is 12.8. The topological polar surface area (TPSA) is 128 Å². The van der Waals surface area contributed by atoms with Crippen molar-refractivity contribution < 1.29 is 18.9 Å². The molecule has 148 valence electrons. The minimum absolute atomic E-state index is 0.109. The third-order valence-corrected chi connectivity index (χ3v) is 4.74. The average Bonchev–Trinajstić information content (AvgIpc) is 3.16. The first kappa shape index (κ1) is 19.3. The van der Waals surface area contributed by atoms with E-state index < -0.39 is 22.3 Å². The molecular formula is C18H20N4O6. The number of hydrogen-bond donors (Lipinski definition) is 1. The number of aromatic nitrogens is 1. The molecule has 10 nitrogen and oxygen atoms in total. The van der Waals surface area contributed by atoms with E-state index in [-0.39, 0.29) is 22.9 Å². The number of nitrogens with one attached hydrogen (secondary N) is 1. The Balaban J connectivity index is 1.83. The summed E-state index contributed by atoms with van der Waals surface area (Å²) in [5.41, 5.74) is -0.349. The number of amides is 2. The highest BCUT2D eigenvalue weighted by Crippen LogP contribution is 2.20. The third-order valence-electron chi connectivity index (χ3n) is 4.74. The normalized spacial score (nSPS) is 14.7. The van der Waals surface area contributed by atoms with Crippen LogP contribution in [-0.4, -0.2) is 39.3 Å². The Kier molecular flexibility index (Phi) is 5.30. The second-order valence-electron chi connectivity index (χ2n) is 6.88. The van der Waals surface area contributed by atoms with E-state index in [2.05, 4.69) is 12.2 Å². The standard InChI is InChI=1S/C18H20N4O6/c1-11-5-7-21(8-6-11)17(24)12-9-13(18(25)20(2)10-12)19-16(23)14-3-4-15(28-14)22(26)27/h3-4,9-11H,5-8H2,1-2H3,(H,19,23). The molecule has 0 atom stereocenters. The Bertz CT molecular complexity index is 984. The summed E-state index contributed by atoms with van der Waals surface area (Å²) < 4.78 is 6.05. The van der Waals surface area contributed by atoms with Gasteiger partial charge < -0.3 is 19.2 Å². The molecular weight excluding hydrogens is 368 g/mol. The van der Waals surface area contributed by atoms with Gasteiger partial charge in [0.2, 0.25) is 0 Å². The number of pyridine rings is 1. The number of rotatable bonds is 4. The molecule has 28 heavy (non-hydrogen) atoms. The van der Waals surface area contributed by atoms with Crippen LogP contribution < -0.4 is 10.9 Å². The second kappa shape index (κ2) is 7.67. The summed E-state index contributed by atoms with van der Waals surface area (Å²) in [7, 11) is 1.48. The van der Waals surface area contributed by atoms with Crippen molar-refractivity contribution in [3.63, 3.8) is 0 Å². The van der Waals surface area contributed by atoms with Crippen LogP contribution in [0.15, 0.2) is 33.6 Å². The molecule has 2 amide bonds. The first-order valence-electron chi connectivity index (χ1n) is 8.82. The lowest BCUT2D eigenvalue weighted by atomic mass is 9.99. The maximum Gasteiger partial charge on any atom is 0.433 e. The number of aryl methyl sites for hydroxylation is 1. The first-order chi connectivity index (χ1) is 13.3. The Morgan fingerprint density at radius 1 is 1.29 bits per heavy atom. The smallest absolute Gasteiger partial charge is 0.395 e. The van der Waals surface area contributed by atoms with Crippen LogP contribution in [0.25, 0.3) is 0 Å². The molecule has 3 rings (SSSR count). The predicted molar refractivity (Wildman–Crippen MR) is 99.3 cm³/mol. The van der Waals surface area contributed by atoms with Gasteiger partial charge in [-0.2, -0.15) is 0 Å². The SMILES string of the molecule is CC1CCN(C(=O)c2cc(NC(=O)c3ccc([N+](=O)[O-])o3)c(=O)n(C)c2)CC1.